The molecule has 0 saturated carbocycles. The summed E-state index contributed by atoms with van der Waals surface area (Å²) in [4.78, 5) is 28.6. The molecule has 1 N–H and O–H groups in total. The van der Waals surface area contributed by atoms with Crippen molar-refractivity contribution < 1.29 is 32.2 Å². The molecule has 43 heavy (non-hydrogen) atoms. The Morgan fingerprint density at radius 3 is 2.02 bits per heavy atom. The van der Waals surface area contributed by atoms with E-state index in [1.807, 2.05) is 20.8 Å². The first kappa shape index (κ1) is 33.5. The van der Waals surface area contributed by atoms with Crippen molar-refractivity contribution in [2.75, 3.05) is 32.2 Å². The summed E-state index contributed by atoms with van der Waals surface area (Å²) < 4.78 is 45.0. The fraction of sp³-hybridized carbons (Fsp3) is 0.355. The van der Waals surface area contributed by atoms with Gasteiger partial charge in [-0.15, -0.1) is 0 Å². The summed E-state index contributed by atoms with van der Waals surface area (Å²) in [6.45, 7) is 6.58. The van der Waals surface area contributed by atoms with Crippen LogP contribution in [0.5, 0.6) is 17.2 Å². The minimum Gasteiger partial charge on any atom is -0.497 e. The molecule has 12 heteroatoms. The number of methoxy groups -OCH3 is 3. The Balaban J connectivity index is 2.07. The highest BCUT2D eigenvalue weighted by Gasteiger charge is 2.34. The van der Waals surface area contributed by atoms with Crippen LogP contribution >= 0.6 is 11.6 Å². The van der Waals surface area contributed by atoms with E-state index in [1.165, 1.54) is 61.6 Å². The number of rotatable bonds is 12. The maximum Gasteiger partial charge on any atom is 0.264 e. The van der Waals surface area contributed by atoms with Crippen molar-refractivity contribution >= 4 is 39.1 Å². The van der Waals surface area contributed by atoms with Crippen molar-refractivity contribution in [3.63, 3.8) is 0 Å². The van der Waals surface area contributed by atoms with Crippen LogP contribution in [0, 0.1) is 0 Å². The predicted octanol–water partition coefficient (Wildman–Crippen LogP) is 4.89. The van der Waals surface area contributed by atoms with Crippen molar-refractivity contribution in [1.82, 2.24) is 10.2 Å². The molecule has 0 aliphatic rings. The van der Waals surface area contributed by atoms with E-state index >= 15 is 0 Å². The highest BCUT2D eigenvalue weighted by molar-refractivity contribution is 7.92. The molecule has 0 spiro atoms. The smallest absolute Gasteiger partial charge is 0.264 e. The molecule has 232 valence electrons. The summed E-state index contributed by atoms with van der Waals surface area (Å²) in [6.07, 6.45) is 0. The zero-order valence-corrected chi connectivity index (χ0v) is 27.0. The maximum absolute atomic E-state index is 14.1. The first-order chi connectivity index (χ1) is 20.2. The fourth-order valence-electron chi connectivity index (χ4n) is 4.22. The number of sulfonamides is 1. The molecule has 0 heterocycles. The van der Waals surface area contributed by atoms with Gasteiger partial charge < -0.3 is 24.4 Å². The van der Waals surface area contributed by atoms with Gasteiger partial charge in [0.2, 0.25) is 11.8 Å². The molecular formula is C31H38ClN3O7S. The third-order valence-electron chi connectivity index (χ3n) is 6.51. The number of anilines is 1. The zero-order chi connectivity index (χ0) is 31.9. The summed E-state index contributed by atoms with van der Waals surface area (Å²) in [5.41, 5.74) is 0.390. The summed E-state index contributed by atoms with van der Waals surface area (Å²) in [5.74, 6) is 0.219. The monoisotopic (exact) mass is 631 g/mol. The highest BCUT2D eigenvalue weighted by atomic mass is 35.5. The number of hydrogen-bond acceptors (Lipinski definition) is 7. The Labute approximate surface area is 258 Å². The van der Waals surface area contributed by atoms with Crippen LogP contribution in [0.2, 0.25) is 5.02 Å². The van der Waals surface area contributed by atoms with E-state index in [4.69, 9.17) is 25.8 Å². The number of nitrogens with one attached hydrogen (secondary N) is 1. The molecule has 10 nitrogen and oxygen atoms in total. The van der Waals surface area contributed by atoms with Crippen LogP contribution < -0.4 is 23.8 Å². The average molecular weight is 632 g/mol. The molecule has 2 amide bonds. The van der Waals surface area contributed by atoms with Crippen LogP contribution in [0.15, 0.2) is 71.6 Å². The number of amides is 2. The third-order valence-corrected chi connectivity index (χ3v) is 8.54. The van der Waals surface area contributed by atoms with Crippen LogP contribution in [-0.4, -0.2) is 64.6 Å². The average Bonchev–Trinajstić information content (AvgIpc) is 2.97. The first-order valence-corrected chi connectivity index (χ1v) is 15.3. The molecule has 0 aromatic heterocycles. The quantitative estimate of drug-likeness (QED) is 0.303. The van der Waals surface area contributed by atoms with Gasteiger partial charge in [-0.2, -0.15) is 0 Å². The number of hydrogen-bond donors (Lipinski definition) is 1. The van der Waals surface area contributed by atoms with Crippen molar-refractivity contribution in [3.8, 4) is 17.2 Å². The van der Waals surface area contributed by atoms with Crippen molar-refractivity contribution in [2.45, 2.75) is 50.7 Å². The molecular weight excluding hydrogens is 594 g/mol. The Kier molecular flexibility index (Phi) is 10.9. The Morgan fingerprint density at radius 1 is 0.884 bits per heavy atom. The number of carbonyl (C=O) groups is 2. The van der Waals surface area contributed by atoms with Crippen molar-refractivity contribution in [2.24, 2.45) is 0 Å². The Morgan fingerprint density at radius 2 is 1.49 bits per heavy atom. The standard InChI is InChI=1S/C31H38ClN3O7S/c1-21(30(37)33-31(2,3)4)34(19-22-8-14-25(40-5)15-9-22)29(36)20-35(24-12-10-23(32)11-13-24)43(38,39)26-16-17-27(41-6)28(18-26)42-7/h8-18,21H,19-20H2,1-7H3,(H,33,37). The van der Waals surface area contributed by atoms with Gasteiger partial charge in [-0.1, -0.05) is 23.7 Å². The van der Waals surface area contributed by atoms with Gasteiger partial charge in [0.05, 0.1) is 31.9 Å². The summed E-state index contributed by atoms with van der Waals surface area (Å²) in [6, 6.07) is 16.4. The van der Waals surface area contributed by atoms with E-state index in [1.54, 1.807) is 38.3 Å². The van der Waals surface area contributed by atoms with Gasteiger partial charge in [0.15, 0.2) is 11.5 Å². The van der Waals surface area contributed by atoms with Crippen molar-refractivity contribution in [3.05, 3.63) is 77.3 Å². The Bertz CT molecular complexity index is 1520. The van der Waals surface area contributed by atoms with Gasteiger partial charge >= 0.3 is 0 Å². The van der Waals surface area contributed by atoms with Crippen molar-refractivity contribution in [1.29, 1.82) is 0 Å². The van der Waals surface area contributed by atoms with Crippen LogP contribution in [-0.2, 0) is 26.2 Å². The third kappa shape index (κ3) is 8.55. The summed E-state index contributed by atoms with van der Waals surface area (Å²) >= 11 is 6.09. The topological polar surface area (TPSA) is 114 Å². The number of carbonyl (C=O) groups excluding carboxylic acids is 2. The molecule has 3 aromatic carbocycles. The van der Waals surface area contributed by atoms with Gasteiger partial charge in [-0.05, 0) is 81.8 Å². The fourth-order valence-corrected chi connectivity index (χ4v) is 5.78. The molecule has 0 saturated heterocycles. The maximum atomic E-state index is 14.1. The number of benzene rings is 3. The summed E-state index contributed by atoms with van der Waals surface area (Å²) in [7, 11) is 0.0721. The van der Waals surface area contributed by atoms with Gasteiger partial charge in [-0.25, -0.2) is 8.42 Å². The largest absolute Gasteiger partial charge is 0.497 e. The highest BCUT2D eigenvalue weighted by Crippen LogP contribution is 2.32. The lowest BCUT2D eigenvalue weighted by Crippen LogP contribution is -2.54. The lowest BCUT2D eigenvalue weighted by molar-refractivity contribution is -0.140. The molecule has 3 rings (SSSR count). The Hall–Kier alpha value is -3.96. The van der Waals surface area contributed by atoms with Gasteiger partial charge in [0, 0.05) is 23.2 Å². The van der Waals surface area contributed by atoms with Crippen LogP contribution in [0.3, 0.4) is 0 Å². The van der Waals surface area contributed by atoms with Crippen LogP contribution in [0.25, 0.3) is 0 Å². The van der Waals surface area contributed by atoms with Gasteiger partial charge in [0.25, 0.3) is 10.0 Å². The molecule has 0 aliphatic heterocycles. The number of ether oxygens (including phenoxy) is 3. The van der Waals surface area contributed by atoms with Gasteiger partial charge in [-0.3, -0.25) is 13.9 Å². The van der Waals surface area contributed by atoms with E-state index in [0.29, 0.717) is 16.5 Å². The van der Waals surface area contributed by atoms with E-state index < -0.39 is 34.1 Å². The lowest BCUT2D eigenvalue weighted by Gasteiger charge is -2.33. The lowest BCUT2D eigenvalue weighted by atomic mass is 10.1. The van der Waals surface area contributed by atoms with Gasteiger partial charge in [0.1, 0.15) is 18.3 Å². The normalized spacial score (nSPS) is 12.2. The number of nitrogens with zero attached hydrogens (tertiary/aromatic N) is 2. The minimum atomic E-state index is -4.32. The van der Waals surface area contributed by atoms with E-state index in [0.717, 1.165) is 9.87 Å². The molecule has 0 aliphatic carbocycles. The first-order valence-electron chi connectivity index (χ1n) is 13.4. The number of halogens is 1. The second-order valence-corrected chi connectivity index (χ2v) is 13.1. The second-order valence-electron chi connectivity index (χ2n) is 10.8. The van der Waals surface area contributed by atoms with E-state index in [2.05, 4.69) is 5.32 Å². The van der Waals surface area contributed by atoms with E-state index in [-0.39, 0.29) is 28.8 Å². The molecule has 3 aromatic rings. The summed E-state index contributed by atoms with van der Waals surface area (Å²) in [5, 5.41) is 3.30. The van der Waals surface area contributed by atoms with Crippen LogP contribution in [0.4, 0.5) is 5.69 Å². The van der Waals surface area contributed by atoms with E-state index in [9.17, 15) is 18.0 Å². The van der Waals surface area contributed by atoms with Crippen LogP contribution in [0.1, 0.15) is 33.3 Å². The molecule has 1 atom stereocenters. The molecule has 1 unspecified atom stereocenters. The SMILES string of the molecule is COc1ccc(CN(C(=O)CN(c2ccc(Cl)cc2)S(=O)(=O)c2ccc(OC)c(OC)c2)C(C)C(=O)NC(C)(C)C)cc1. The predicted molar refractivity (Wildman–Crippen MR) is 166 cm³/mol. The second kappa shape index (κ2) is 14.0. The molecule has 0 fully saturated rings. The zero-order valence-electron chi connectivity index (χ0n) is 25.4. The molecule has 0 bridgehead atoms. The molecule has 0 radical (unpaired) electrons. The minimum absolute atomic E-state index is 0.0480.